The van der Waals surface area contributed by atoms with Crippen LogP contribution in [0, 0.1) is 0 Å². The first-order chi connectivity index (χ1) is 7.22. The lowest BCUT2D eigenvalue weighted by Gasteiger charge is -2.23. The Labute approximate surface area is 105 Å². The van der Waals surface area contributed by atoms with E-state index in [0.717, 1.165) is 4.60 Å². The van der Waals surface area contributed by atoms with Crippen LogP contribution in [0.3, 0.4) is 0 Å². The molecule has 0 aliphatic rings. The van der Waals surface area contributed by atoms with Gasteiger partial charge in [0.05, 0.1) is 4.75 Å². The maximum absolute atomic E-state index is 11.5. The van der Waals surface area contributed by atoms with Gasteiger partial charge in [0.15, 0.2) is 9.84 Å². The molecule has 0 aliphatic heterocycles. The third-order valence-electron chi connectivity index (χ3n) is 2.41. The summed E-state index contributed by atoms with van der Waals surface area (Å²) in [5.74, 6) is 0.658. The minimum atomic E-state index is -3.08. The van der Waals surface area contributed by atoms with Gasteiger partial charge in [-0.25, -0.2) is 13.4 Å². The fraction of sp³-hybridized carbons (Fsp3) is 0.500. The van der Waals surface area contributed by atoms with Crippen LogP contribution in [0.1, 0.15) is 13.8 Å². The van der Waals surface area contributed by atoms with Gasteiger partial charge in [0.2, 0.25) is 0 Å². The van der Waals surface area contributed by atoms with Gasteiger partial charge in [0.25, 0.3) is 0 Å². The summed E-state index contributed by atoms with van der Waals surface area (Å²) in [6, 6.07) is 5.45. The van der Waals surface area contributed by atoms with E-state index < -0.39 is 14.6 Å². The Balaban J connectivity index is 2.72. The van der Waals surface area contributed by atoms with Crippen molar-refractivity contribution in [3.63, 3.8) is 0 Å². The highest BCUT2D eigenvalue weighted by molar-refractivity contribution is 9.10. The molecule has 0 radical (unpaired) electrons. The number of halogens is 1. The number of anilines is 1. The molecule has 0 aliphatic carbocycles. The van der Waals surface area contributed by atoms with Crippen LogP contribution < -0.4 is 5.32 Å². The molecule has 90 valence electrons. The number of rotatable bonds is 4. The molecular formula is C10H15BrN2O2S. The van der Waals surface area contributed by atoms with Gasteiger partial charge < -0.3 is 5.32 Å². The summed E-state index contributed by atoms with van der Waals surface area (Å²) in [4.78, 5) is 4.17. The molecule has 16 heavy (non-hydrogen) atoms. The first-order valence-corrected chi connectivity index (χ1v) is 7.47. The van der Waals surface area contributed by atoms with Gasteiger partial charge >= 0.3 is 0 Å². The topological polar surface area (TPSA) is 59.1 Å². The third-order valence-corrected chi connectivity index (χ3v) is 5.01. The first kappa shape index (κ1) is 13.4. The largest absolute Gasteiger partial charge is 0.368 e. The van der Waals surface area contributed by atoms with Crippen molar-refractivity contribution >= 4 is 31.6 Å². The molecule has 4 nitrogen and oxygen atoms in total. The third kappa shape index (κ3) is 3.45. The Bertz CT molecular complexity index is 471. The van der Waals surface area contributed by atoms with E-state index in [-0.39, 0.29) is 0 Å². The van der Waals surface area contributed by atoms with E-state index in [1.54, 1.807) is 19.9 Å². The fourth-order valence-corrected chi connectivity index (χ4v) is 1.62. The normalized spacial score (nSPS) is 12.5. The molecule has 6 heteroatoms. The molecule has 0 fully saturated rings. The van der Waals surface area contributed by atoms with Gasteiger partial charge in [-0.05, 0) is 41.9 Å². The second kappa shape index (κ2) is 4.71. The van der Waals surface area contributed by atoms with Gasteiger partial charge in [-0.3, -0.25) is 0 Å². The minimum Gasteiger partial charge on any atom is -0.368 e. The second-order valence-electron chi connectivity index (χ2n) is 4.23. The summed E-state index contributed by atoms with van der Waals surface area (Å²) in [6.07, 6.45) is 1.24. The molecule has 0 aromatic carbocycles. The molecule has 1 N–H and O–H groups in total. The molecule has 1 rings (SSSR count). The average molecular weight is 307 g/mol. The predicted octanol–water partition coefficient (Wildman–Crippen LogP) is 2.08. The van der Waals surface area contributed by atoms with Crippen LogP contribution in [0.25, 0.3) is 0 Å². The Hall–Kier alpha value is -0.620. The molecule has 0 atom stereocenters. The van der Waals surface area contributed by atoms with Crippen molar-refractivity contribution < 1.29 is 8.42 Å². The van der Waals surface area contributed by atoms with E-state index in [1.807, 2.05) is 12.1 Å². The maximum Gasteiger partial charge on any atom is 0.154 e. The molecule has 0 amide bonds. The maximum atomic E-state index is 11.5. The van der Waals surface area contributed by atoms with Gasteiger partial charge in [0, 0.05) is 12.8 Å². The van der Waals surface area contributed by atoms with Crippen molar-refractivity contribution in [1.82, 2.24) is 4.98 Å². The van der Waals surface area contributed by atoms with Crippen LogP contribution in [0.15, 0.2) is 22.8 Å². The predicted molar refractivity (Wildman–Crippen MR) is 69.3 cm³/mol. The Morgan fingerprint density at radius 2 is 2.06 bits per heavy atom. The lowest BCUT2D eigenvalue weighted by molar-refractivity contribution is 0.559. The molecule has 0 saturated carbocycles. The monoisotopic (exact) mass is 306 g/mol. The second-order valence-corrected chi connectivity index (χ2v) is 7.69. The number of nitrogens with one attached hydrogen (secondary N) is 1. The van der Waals surface area contributed by atoms with E-state index in [4.69, 9.17) is 0 Å². The fourth-order valence-electron chi connectivity index (χ4n) is 0.941. The summed E-state index contributed by atoms with van der Waals surface area (Å²) in [5, 5.41) is 3.01. The average Bonchev–Trinajstić information content (AvgIpc) is 2.13. The van der Waals surface area contributed by atoms with E-state index >= 15 is 0 Å². The number of hydrogen-bond donors (Lipinski definition) is 1. The summed E-state index contributed by atoms with van der Waals surface area (Å²) < 4.78 is 22.9. The molecule has 1 aromatic rings. The van der Waals surface area contributed by atoms with Crippen molar-refractivity contribution in [2.75, 3.05) is 18.1 Å². The zero-order valence-electron chi connectivity index (χ0n) is 9.49. The molecular weight excluding hydrogens is 292 g/mol. The van der Waals surface area contributed by atoms with Gasteiger partial charge in [-0.1, -0.05) is 6.07 Å². The lowest BCUT2D eigenvalue weighted by Crippen LogP contribution is -2.38. The van der Waals surface area contributed by atoms with Crippen LogP contribution in [-0.2, 0) is 9.84 Å². The van der Waals surface area contributed by atoms with Crippen LogP contribution in [0.5, 0.6) is 0 Å². The number of hydrogen-bond acceptors (Lipinski definition) is 4. The minimum absolute atomic E-state index is 0.329. The van der Waals surface area contributed by atoms with Crippen molar-refractivity contribution in [3.8, 4) is 0 Å². The molecule has 0 bridgehead atoms. The highest BCUT2D eigenvalue weighted by atomic mass is 79.9. The summed E-state index contributed by atoms with van der Waals surface area (Å²) in [6.45, 7) is 3.70. The summed E-state index contributed by atoms with van der Waals surface area (Å²) in [7, 11) is -3.08. The van der Waals surface area contributed by atoms with E-state index in [1.165, 1.54) is 6.26 Å². The smallest absolute Gasteiger partial charge is 0.154 e. The molecule has 0 saturated heterocycles. The molecule has 1 heterocycles. The van der Waals surface area contributed by atoms with Crippen LogP contribution in [0.4, 0.5) is 5.82 Å². The highest BCUT2D eigenvalue weighted by Crippen LogP contribution is 2.17. The Morgan fingerprint density at radius 3 is 2.56 bits per heavy atom. The van der Waals surface area contributed by atoms with Crippen molar-refractivity contribution in [1.29, 1.82) is 0 Å². The van der Waals surface area contributed by atoms with Crippen molar-refractivity contribution in [2.24, 2.45) is 0 Å². The van der Waals surface area contributed by atoms with E-state index in [9.17, 15) is 8.42 Å². The highest BCUT2D eigenvalue weighted by Gasteiger charge is 2.29. The Kier molecular flexibility index (Phi) is 3.96. The number of nitrogens with zero attached hydrogens (tertiary/aromatic N) is 1. The molecule has 1 aromatic heterocycles. The van der Waals surface area contributed by atoms with Crippen LogP contribution in [0.2, 0.25) is 0 Å². The number of aromatic nitrogens is 1. The van der Waals surface area contributed by atoms with E-state index in [0.29, 0.717) is 12.4 Å². The summed E-state index contributed by atoms with van der Waals surface area (Å²) in [5.41, 5.74) is 0. The van der Waals surface area contributed by atoms with Gasteiger partial charge in [-0.15, -0.1) is 0 Å². The van der Waals surface area contributed by atoms with Gasteiger partial charge in [-0.2, -0.15) is 0 Å². The molecule has 0 spiro atoms. The van der Waals surface area contributed by atoms with E-state index in [2.05, 4.69) is 26.2 Å². The SMILES string of the molecule is CC(C)(CNc1cccc(Br)n1)S(C)(=O)=O. The van der Waals surface area contributed by atoms with Crippen molar-refractivity contribution in [2.45, 2.75) is 18.6 Å². The number of sulfone groups is 1. The summed E-state index contributed by atoms with van der Waals surface area (Å²) >= 11 is 3.25. The zero-order valence-corrected chi connectivity index (χ0v) is 11.9. The Morgan fingerprint density at radius 1 is 1.44 bits per heavy atom. The number of pyridine rings is 1. The standard InChI is InChI=1S/C10H15BrN2O2S/c1-10(2,16(3,14)15)7-12-9-6-4-5-8(11)13-9/h4-6H,7H2,1-3H3,(H,12,13). The quantitative estimate of drug-likeness (QED) is 0.865. The van der Waals surface area contributed by atoms with Crippen LogP contribution in [-0.4, -0.2) is 30.9 Å². The first-order valence-electron chi connectivity index (χ1n) is 4.78. The lowest BCUT2D eigenvalue weighted by atomic mass is 10.2. The van der Waals surface area contributed by atoms with Crippen LogP contribution >= 0.6 is 15.9 Å². The molecule has 0 unspecified atom stereocenters. The van der Waals surface area contributed by atoms with Crippen molar-refractivity contribution in [3.05, 3.63) is 22.8 Å². The van der Waals surface area contributed by atoms with Gasteiger partial charge in [0.1, 0.15) is 10.4 Å². The zero-order chi connectivity index (χ0) is 12.4.